The minimum Gasteiger partial charge on any atom is -0.484 e. The number of likely N-dealkylation sites (tertiary alicyclic amines) is 1. The van der Waals surface area contributed by atoms with Crippen molar-refractivity contribution >= 4 is 5.91 Å². The Morgan fingerprint density at radius 3 is 3.04 bits per heavy atom. The molecule has 0 radical (unpaired) electrons. The number of benzene rings is 1. The molecule has 0 aliphatic carbocycles. The van der Waals surface area contributed by atoms with Crippen LogP contribution in [-0.4, -0.2) is 34.1 Å². The summed E-state index contributed by atoms with van der Waals surface area (Å²) in [5.41, 5.74) is 1.11. The monoisotopic (exact) mass is 329 g/mol. The van der Waals surface area contributed by atoms with E-state index in [2.05, 4.69) is 10.1 Å². The maximum Gasteiger partial charge on any atom is 0.261 e. The highest BCUT2D eigenvalue weighted by Crippen LogP contribution is 2.30. The highest BCUT2D eigenvalue weighted by atomic mass is 16.5. The summed E-state index contributed by atoms with van der Waals surface area (Å²) in [7, 11) is 0. The van der Waals surface area contributed by atoms with Crippen molar-refractivity contribution in [3.63, 3.8) is 0 Å². The molecule has 6 heteroatoms. The van der Waals surface area contributed by atoms with Crippen LogP contribution in [0.25, 0.3) is 0 Å². The number of piperidine rings is 1. The van der Waals surface area contributed by atoms with E-state index in [1.165, 1.54) is 0 Å². The zero-order valence-electron chi connectivity index (χ0n) is 14.2. The van der Waals surface area contributed by atoms with E-state index in [0.29, 0.717) is 24.0 Å². The van der Waals surface area contributed by atoms with Gasteiger partial charge in [0, 0.05) is 13.0 Å². The molecule has 1 aromatic heterocycles. The molecule has 1 aliphatic heterocycles. The Hall–Kier alpha value is -2.37. The second-order valence-electron chi connectivity index (χ2n) is 6.11. The molecule has 128 valence electrons. The van der Waals surface area contributed by atoms with Crippen molar-refractivity contribution < 1.29 is 14.1 Å². The molecule has 1 aromatic carbocycles. The van der Waals surface area contributed by atoms with Crippen LogP contribution < -0.4 is 4.74 Å². The van der Waals surface area contributed by atoms with Gasteiger partial charge in [0.25, 0.3) is 5.91 Å². The first kappa shape index (κ1) is 16.5. The van der Waals surface area contributed by atoms with Crippen LogP contribution >= 0.6 is 0 Å². The number of nitrogens with zero attached hydrogens (tertiary/aromatic N) is 3. The molecule has 2 heterocycles. The Morgan fingerprint density at radius 2 is 2.29 bits per heavy atom. The molecule has 1 aliphatic rings. The van der Waals surface area contributed by atoms with Crippen LogP contribution in [0.4, 0.5) is 0 Å². The van der Waals surface area contributed by atoms with Crippen LogP contribution in [0.5, 0.6) is 5.75 Å². The van der Waals surface area contributed by atoms with Gasteiger partial charge in [0.05, 0.1) is 0 Å². The first-order valence-corrected chi connectivity index (χ1v) is 8.48. The standard InChI is InChI=1S/C18H23N3O3/c1-3-16-19-18(24-20-16)15-9-4-5-10-21(15)17(22)12-23-14-8-6-7-13(2)11-14/h6-8,11,15H,3-5,9-10,12H2,1-2H3. The Bertz CT molecular complexity index is 698. The van der Waals surface area contributed by atoms with Gasteiger partial charge in [-0.1, -0.05) is 24.2 Å². The number of hydrogen-bond donors (Lipinski definition) is 0. The van der Waals surface area contributed by atoms with Gasteiger partial charge >= 0.3 is 0 Å². The summed E-state index contributed by atoms with van der Waals surface area (Å²) in [4.78, 5) is 18.8. The number of rotatable bonds is 5. The molecule has 1 unspecified atom stereocenters. The third-order valence-corrected chi connectivity index (χ3v) is 4.26. The van der Waals surface area contributed by atoms with Gasteiger partial charge in [0.1, 0.15) is 11.8 Å². The fourth-order valence-electron chi connectivity index (χ4n) is 2.97. The van der Waals surface area contributed by atoms with Crippen LogP contribution in [0, 0.1) is 6.92 Å². The van der Waals surface area contributed by atoms with Gasteiger partial charge in [0.2, 0.25) is 5.89 Å². The van der Waals surface area contributed by atoms with Crippen LogP contribution in [0.15, 0.2) is 28.8 Å². The molecule has 3 rings (SSSR count). The van der Waals surface area contributed by atoms with Crippen molar-refractivity contribution in [2.75, 3.05) is 13.2 Å². The van der Waals surface area contributed by atoms with Gasteiger partial charge in [-0.2, -0.15) is 4.98 Å². The number of carbonyl (C=O) groups excluding carboxylic acids is 1. The lowest BCUT2D eigenvalue weighted by Gasteiger charge is -2.33. The zero-order chi connectivity index (χ0) is 16.9. The summed E-state index contributed by atoms with van der Waals surface area (Å²) >= 11 is 0. The SMILES string of the molecule is CCc1noc(C2CCCCN2C(=O)COc2cccc(C)c2)n1. The Labute approximate surface area is 141 Å². The van der Waals surface area contributed by atoms with E-state index < -0.39 is 0 Å². The van der Waals surface area contributed by atoms with Gasteiger partial charge < -0.3 is 14.2 Å². The molecule has 1 atom stereocenters. The summed E-state index contributed by atoms with van der Waals surface area (Å²) in [6.45, 7) is 4.70. The quantitative estimate of drug-likeness (QED) is 0.843. The van der Waals surface area contributed by atoms with Crippen LogP contribution in [0.2, 0.25) is 0 Å². The molecule has 6 nitrogen and oxygen atoms in total. The highest BCUT2D eigenvalue weighted by molar-refractivity contribution is 5.78. The molecule has 1 amide bonds. The number of aromatic nitrogens is 2. The van der Waals surface area contributed by atoms with Crippen molar-refractivity contribution in [2.24, 2.45) is 0 Å². The number of ether oxygens (including phenoxy) is 1. The second-order valence-corrected chi connectivity index (χ2v) is 6.11. The molecule has 24 heavy (non-hydrogen) atoms. The van der Waals surface area contributed by atoms with E-state index in [1.54, 1.807) is 0 Å². The van der Waals surface area contributed by atoms with E-state index in [1.807, 2.05) is 43.0 Å². The fraction of sp³-hybridized carbons (Fsp3) is 0.500. The van der Waals surface area contributed by atoms with Crippen molar-refractivity contribution in [2.45, 2.75) is 45.6 Å². The second kappa shape index (κ2) is 7.47. The fourth-order valence-corrected chi connectivity index (χ4v) is 2.97. The Kier molecular flexibility index (Phi) is 5.13. The predicted octanol–water partition coefficient (Wildman–Crippen LogP) is 3.07. The molecular weight excluding hydrogens is 306 g/mol. The van der Waals surface area contributed by atoms with Crippen LogP contribution in [-0.2, 0) is 11.2 Å². The van der Waals surface area contributed by atoms with Gasteiger partial charge in [-0.3, -0.25) is 4.79 Å². The molecule has 0 spiro atoms. The minimum atomic E-state index is -0.139. The lowest BCUT2D eigenvalue weighted by atomic mass is 10.0. The maximum absolute atomic E-state index is 12.6. The first-order valence-electron chi connectivity index (χ1n) is 8.48. The van der Waals surface area contributed by atoms with E-state index in [4.69, 9.17) is 9.26 Å². The largest absolute Gasteiger partial charge is 0.484 e. The van der Waals surface area contributed by atoms with Crippen molar-refractivity contribution in [3.05, 3.63) is 41.5 Å². The summed E-state index contributed by atoms with van der Waals surface area (Å²) in [6.07, 6.45) is 3.61. The van der Waals surface area contributed by atoms with E-state index in [-0.39, 0.29) is 18.6 Å². The summed E-state index contributed by atoms with van der Waals surface area (Å²) in [5.74, 6) is 1.88. The van der Waals surface area contributed by atoms with E-state index >= 15 is 0 Å². The van der Waals surface area contributed by atoms with Crippen LogP contribution in [0.3, 0.4) is 0 Å². The van der Waals surface area contributed by atoms with Crippen molar-refractivity contribution in [1.82, 2.24) is 15.0 Å². The zero-order valence-corrected chi connectivity index (χ0v) is 14.2. The smallest absolute Gasteiger partial charge is 0.261 e. The van der Waals surface area contributed by atoms with Gasteiger partial charge in [-0.05, 0) is 43.9 Å². The number of carbonyl (C=O) groups is 1. The van der Waals surface area contributed by atoms with Crippen molar-refractivity contribution in [3.8, 4) is 5.75 Å². The minimum absolute atomic E-state index is 0.0225. The molecule has 0 N–H and O–H groups in total. The maximum atomic E-state index is 12.6. The van der Waals surface area contributed by atoms with Gasteiger partial charge in [-0.25, -0.2) is 0 Å². The summed E-state index contributed by atoms with van der Waals surface area (Å²) in [5, 5.41) is 3.95. The summed E-state index contributed by atoms with van der Waals surface area (Å²) < 4.78 is 11.0. The Morgan fingerprint density at radius 1 is 1.42 bits per heavy atom. The lowest BCUT2D eigenvalue weighted by Crippen LogP contribution is -2.41. The third-order valence-electron chi connectivity index (χ3n) is 4.26. The molecule has 0 bridgehead atoms. The molecule has 0 saturated carbocycles. The topological polar surface area (TPSA) is 68.5 Å². The first-order chi connectivity index (χ1) is 11.7. The molecule has 1 fully saturated rings. The summed E-state index contributed by atoms with van der Waals surface area (Å²) in [6, 6.07) is 7.56. The number of aryl methyl sites for hydroxylation is 2. The van der Waals surface area contributed by atoms with Gasteiger partial charge in [0.15, 0.2) is 12.4 Å². The molecule has 2 aromatic rings. The normalized spacial score (nSPS) is 17.8. The highest BCUT2D eigenvalue weighted by Gasteiger charge is 2.32. The lowest BCUT2D eigenvalue weighted by molar-refractivity contribution is -0.138. The van der Waals surface area contributed by atoms with Gasteiger partial charge in [-0.15, -0.1) is 0 Å². The molecule has 1 saturated heterocycles. The number of hydrogen-bond acceptors (Lipinski definition) is 5. The van der Waals surface area contributed by atoms with E-state index in [0.717, 1.165) is 31.2 Å². The predicted molar refractivity (Wildman–Crippen MR) is 88.7 cm³/mol. The number of amides is 1. The average Bonchev–Trinajstić information content (AvgIpc) is 3.09. The third kappa shape index (κ3) is 3.75. The van der Waals surface area contributed by atoms with Crippen molar-refractivity contribution in [1.29, 1.82) is 0 Å². The van der Waals surface area contributed by atoms with Crippen LogP contribution in [0.1, 0.15) is 49.5 Å². The van der Waals surface area contributed by atoms with E-state index in [9.17, 15) is 4.79 Å². The molecular formula is C18H23N3O3. The average molecular weight is 329 g/mol. The Balaban J connectivity index is 1.67.